The Balaban J connectivity index is 2.04. The molecule has 0 fully saturated rings. The molecule has 1 N–H and O–H groups in total. The molecule has 0 spiro atoms. The fourth-order valence-corrected chi connectivity index (χ4v) is 4.48. The standard InChI is InChI=1S/C21H15ClF4N2O3S/c22-19-10-9-16(12-18(19)21(24,25)26)28(32(30,31)17-7-2-1-3-8-17)13-20(29)27-15-6-4-5-14(23)11-15/h1-12H,13H2,(H,27,29). The number of nitrogens with one attached hydrogen (secondary N) is 1. The fourth-order valence-electron chi connectivity index (χ4n) is 2.82. The number of hydrogen-bond acceptors (Lipinski definition) is 3. The van der Waals surface area contributed by atoms with Crippen molar-refractivity contribution in [2.24, 2.45) is 0 Å². The maximum atomic E-state index is 13.4. The average Bonchev–Trinajstić information content (AvgIpc) is 2.72. The lowest BCUT2D eigenvalue weighted by molar-refractivity contribution is -0.137. The second-order valence-corrected chi connectivity index (χ2v) is 8.81. The summed E-state index contributed by atoms with van der Waals surface area (Å²) in [5, 5.41) is 1.71. The SMILES string of the molecule is O=C(CN(c1ccc(Cl)c(C(F)(F)F)c1)S(=O)(=O)c1ccccc1)Nc1cccc(F)c1. The highest BCUT2D eigenvalue weighted by Gasteiger charge is 2.35. The maximum Gasteiger partial charge on any atom is 0.417 e. The zero-order chi connectivity index (χ0) is 23.5. The Bertz CT molecular complexity index is 1240. The minimum absolute atomic E-state index is 0.0548. The lowest BCUT2D eigenvalue weighted by Crippen LogP contribution is -2.38. The molecule has 3 aromatic carbocycles. The number of amides is 1. The van der Waals surface area contributed by atoms with Crippen LogP contribution in [0.25, 0.3) is 0 Å². The molecular formula is C21H15ClF4N2O3S. The van der Waals surface area contributed by atoms with Crippen LogP contribution >= 0.6 is 11.6 Å². The number of halogens is 5. The van der Waals surface area contributed by atoms with Crippen LogP contribution in [0, 0.1) is 5.82 Å². The summed E-state index contributed by atoms with van der Waals surface area (Å²) >= 11 is 5.64. The minimum Gasteiger partial charge on any atom is -0.324 e. The van der Waals surface area contributed by atoms with Crippen molar-refractivity contribution in [2.75, 3.05) is 16.2 Å². The predicted molar refractivity (Wildman–Crippen MR) is 112 cm³/mol. The van der Waals surface area contributed by atoms with E-state index in [0.29, 0.717) is 10.4 Å². The van der Waals surface area contributed by atoms with Crippen LogP contribution in [0.4, 0.5) is 28.9 Å². The Morgan fingerprint density at radius 3 is 2.28 bits per heavy atom. The topological polar surface area (TPSA) is 66.5 Å². The van der Waals surface area contributed by atoms with Gasteiger partial charge in [-0.2, -0.15) is 13.2 Å². The van der Waals surface area contributed by atoms with Gasteiger partial charge in [-0.3, -0.25) is 9.10 Å². The lowest BCUT2D eigenvalue weighted by Gasteiger charge is -2.25. The van der Waals surface area contributed by atoms with Gasteiger partial charge in [0.1, 0.15) is 12.4 Å². The van der Waals surface area contributed by atoms with E-state index < -0.39 is 50.7 Å². The molecule has 32 heavy (non-hydrogen) atoms. The van der Waals surface area contributed by atoms with Crippen LogP contribution < -0.4 is 9.62 Å². The van der Waals surface area contributed by atoms with Crippen molar-refractivity contribution in [3.8, 4) is 0 Å². The van der Waals surface area contributed by atoms with Crippen molar-refractivity contribution in [1.29, 1.82) is 0 Å². The molecule has 0 heterocycles. The van der Waals surface area contributed by atoms with Crippen LogP contribution in [0.3, 0.4) is 0 Å². The van der Waals surface area contributed by atoms with Crippen LogP contribution in [0.2, 0.25) is 5.02 Å². The minimum atomic E-state index is -4.85. The number of nitrogens with zero attached hydrogens (tertiary/aromatic N) is 1. The first-order valence-corrected chi connectivity index (χ1v) is 10.8. The first kappa shape index (κ1) is 23.6. The van der Waals surface area contributed by atoms with Crippen LogP contribution in [0.5, 0.6) is 0 Å². The van der Waals surface area contributed by atoms with Crippen LogP contribution in [0.15, 0.2) is 77.7 Å². The van der Waals surface area contributed by atoms with Crippen LogP contribution in [-0.4, -0.2) is 20.9 Å². The van der Waals surface area contributed by atoms with E-state index in [-0.39, 0.29) is 10.6 Å². The number of rotatable bonds is 6. The molecule has 0 unspecified atom stereocenters. The highest BCUT2D eigenvalue weighted by atomic mass is 35.5. The highest BCUT2D eigenvalue weighted by Crippen LogP contribution is 2.38. The number of sulfonamides is 1. The van der Waals surface area contributed by atoms with Gasteiger partial charge < -0.3 is 5.32 Å². The normalized spacial score (nSPS) is 11.8. The molecule has 0 aliphatic rings. The Kier molecular flexibility index (Phi) is 6.75. The maximum absolute atomic E-state index is 13.4. The second kappa shape index (κ2) is 9.17. The van der Waals surface area contributed by atoms with E-state index >= 15 is 0 Å². The third-order valence-electron chi connectivity index (χ3n) is 4.27. The number of alkyl halides is 3. The summed E-state index contributed by atoms with van der Waals surface area (Å²) in [6, 6.07) is 14.3. The molecule has 0 aromatic heterocycles. The van der Waals surface area contributed by atoms with Gasteiger partial charge in [-0.1, -0.05) is 35.9 Å². The Morgan fingerprint density at radius 2 is 1.66 bits per heavy atom. The molecule has 0 atom stereocenters. The van der Waals surface area contributed by atoms with Crippen LogP contribution in [0.1, 0.15) is 5.56 Å². The molecule has 0 radical (unpaired) electrons. The average molecular weight is 487 g/mol. The van der Waals surface area contributed by atoms with Crippen molar-refractivity contribution in [1.82, 2.24) is 0 Å². The molecule has 0 aliphatic heterocycles. The van der Waals surface area contributed by atoms with Crippen molar-refractivity contribution in [3.05, 3.63) is 89.2 Å². The van der Waals surface area contributed by atoms with E-state index in [4.69, 9.17) is 11.6 Å². The molecule has 0 aliphatic carbocycles. The fraction of sp³-hybridized carbons (Fsp3) is 0.0952. The van der Waals surface area contributed by atoms with E-state index in [0.717, 1.165) is 24.3 Å². The number of carbonyl (C=O) groups excluding carboxylic acids is 1. The van der Waals surface area contributed by atoms with E-state index in [1.807, 2.05) is 0 Å². The van der Waals surface area contributed by atoms with Crippen molar-refractivity contribution >= 4 is 38.9 Å². The molecule has 0 saturated carbocycles. The van der Waals surface area contributed by atoms with Crippen molar-refractivity contribution in [2.45, 2.75) is 11.1 Å². The molecule has 5 nitrogen and oxygen atoms in total. The molecule has 3 aromatic rings. The van der Waals surface area contributed by atoms with E-state index in [2.05, 4.69) is 5.32 Å². The Morgan fingerprint density at radius 1 is 0.969 bits per heavy atom. The number of hydrogen-bond donors (Lipinski definition) is 1. The Hall–Kier alpha value is -3.11. The number of benzene rings is 3. The summed E-state index contributed by atoms with van der Waals surface area (Å²) in [5.74, 6) is -1.53. The van der Waals surface area contributed by atoms with Gasteiger partial charge in [0.05, 0.1) is 21.2 Å². The predicted octanol–water partition coefficient (Wildman–Crippen LogP) is 5.33. The first-order valence-electron chi connectivity index (χ1n) is 8.98. The quantitative estimate of drug-likeness (QED) is 0.479. The van der Waals surface area contributed by atoms with E-state index in [1.54, 1.807) is 6.07 Å². The van der Waals surface area contributed by atoms with Gasteiger partial charge in [-0.25, -0.2) is 12.8 Å². The number of carbonyl (C=O) groups is 1. The zero-order valence-electron chi connectivity index (χ0n) is 16.1. The van der Waals surface area contributed by atoms with Crippen molar-refractivity contribution in [3.63, 3.8) is 0 Å². The molecule has 3 rings (SSSR count). The zero-order valence-corrected chi connectivity index (χ0v) is 17.7. The van der Waals surface area contributed by atoms with E-state index in [1.165, 1.54) is 36.4 Å². The van der Waals surface area contributed by atoms with Gasteiger partial charge in [-0.15, -0.1) is 0 Å². The monoisotopic (exact) mass is 486 g/mol. The first-order chi connectivity index (χ1) is 15.0. The summed E-state index contributed by atoms with van der Waals surface area (Å²) < 4.78 is 80.3. The third kappa shape index (κ3) is 5.38. The summed E-state index contributed by atoms with van der Waals surface area (Å²) in [5.41, 5.74) is -1.62. The molecule has 168 valence electrons. The van der Waals surface area contributed by atoms with Gasteiger partial charge in [0.15, 0.2) is 0 Å². The van der Waals surface area contributed by atoms with Crippen LogP contribution in [-0.2, 0) is 21.0 Å². The molecule has 0 bridgehead atoms. The molecule has 1 amide bonds. The molecular weight excluding hydrogens is 472 g/mol. The van der Waals surface area contributed by atoms with Gasteiger partial charge in [0, 0.05) is 5.69 Å². The Labute approximate surface area is 186 Å². The third-order valence-corrected chi connectivity index (χ3v) is 6.39. The second-order valence-electron chi connectivity index (χ2n) is 6.55. The summed E-state index contributed by atoms with van der Waals surface area (Å²) in [4.78, 5) is 12.3. The smallest absolute Gasteiger partial charge is 0.324 e. The van der Waals surface area contributed by atoms with Crippen molar-refractivity contribution < 1.29 is 30.8 Å². The van der Waals surface area contributed by atoms with Gasteiger partial charge in [-0.05, 0) is 48.5 Å². The van der Waals surface area contributed by atoms with E-state index in [9.17, 15) is 30.8 Å². The van der Waals surface area contributed by atoms with Gasteiger partial charge in [0.25, 0.3) is 10.0 Å². The van der Waals surface area contributed by atoms with Gasteiger partial charge >= 0.3 is 6.18 Å². The number of anilines is 2. The summed E-state index contributed by atoms with van der Waals surface area (Å²) in [6.07, 6.45) is -4.85. The lowest BCUT2D eigenvalue weighted by atomic mass is 10.2. The molecule has 11 heteroatoms. The van der Waals surface area contributed by atoms with Gasteiger partial charge in [0.2, 0.25) is 5.91 Å². The molecule has 0 saturated heterocycles. The summed E-state index contributed by atoms with van der Waals surface area (Å²) in [7, 11) is -4.44. The summed E-state index contributed by atoms with van der Waals surface area (Å²) in [6.45, 7) is -0.868. The largest absolute Gasteiger partial charge is 0.417 e. The highest BCUT2D eigenvalue weighted by molar-refractivity contribution is 7.92.